The molecule has 10 aromatic rings. The lowest BCUT2D eigenvalue weighted by atomic mass is 9.77. The number of benzene rings is 9. The summed E-state index contributed by atoms with van der Waals surface area (Å²) in [6.45, 7) is 4.84. The largest absolute Gasteiger partial charge is 0.135 e. The smallest absolute Gasteiger partial charge is 0.0361 e. The highest BCUT2D eigenvalue weighted by molar-refractivity contribution is 7.25. The molecule has 0 nitrogen and oxygen atoms in total. The van der Waals surface area contributed by atoms with E-state index in [4.69, 9.17) is 0 Å². The second-order valence-electron chi connectivity index (χ2n) is 16.4. The van der Waals surface area contributed by atoms with Gasteiger partial charge in [-0.25, -0.2) is 0 Å². The number of allylic oxidation sites excluding steroid dienone is 4. The van der Waals surface area contributed by atoms with Gasteiger partial charge in [0.25, 0.3) is 0 Å². The van der Waals surface area contributed by atoms with Crippen LogP contribution < -0.4 is 0 Å². The lowest BCUT2D eigenvalue weighted by Crippen LogP contribution is -2.16. The Labute approximate surface area is 330 Å². The topological polar surface area (TPSA) is 0 Å². The fraction of sp³-hybridized carbons (Fsp3) is 0.0909. The van der Waals surface area contributed by atoms with Crippen LogP contribution in [-0.2, 0) is 5.41 Å². The lowest BCUT2D eigenvalue weighted by molar-refractivity contribution is 0.651. The summed E-state index contributed by atoms with van der Waals surface area (Å²) in [7, 11) is 0. The van der Waals surface area contributed by atoms with Crippen molar-refractivity contribution in [3.8, 4) is 22.3 Å². The monoisotopic (exact) mass is 730 g/mol. The Morgan fingerprint density at radius 3 is 1.91 bits per heavy atom. The molecule has 0 fully saturated rings. The molecule has 56 heavy (non-hydrogen) atoms. The van der Waals surface area contributed by atoms with E-state index in [0.717, 1.165) is 6.42 Å². The van der Waals surface area contributed by atoms with Gasteiger partial charge < -0.3 is 0 Å². The third kappa shape index (κ3) is 4.59. The SMILES string of the molecule is CC1(C)C2=CCC(c3cccc(-c4c5ccccc5c(-c5cccc6ccccc56)c5ccccc45)c3)C=C2c2cc3cc4c(cc3cc21)sc1ccccc14. The van der Waals surface area contributed by atoms with Crippen LogP contribution in [0, 0.1) is 0 Å². The van der Waals surface area contributed by atoms with Crippen molar-refractivity contribution < 1.29 is 0 Å². The molecule has 264 valence electrons. The van der Waals surface area contributed by atoms with Crippen LogP contribution >= 0.6 is 11.3 Å². The molecule has 1 heteroatoms. The van der Waals surface area contributed by atoms with Crippen molar-refractivity contribution in [1.82, 2.24) is 0 Å². The molecule has 9 aromatic carbocycles. The van der Waals surface area contributed by atoms with Gasteiger partial charge in [-0.15, -0.1) is 11.3 Å². The first-order chi connectivity index (χ1) is 27.5. The molecule has 12 rings (SSSR count). The van der Waals surface area contributed by atoms with Gasteiger partial charge in [-0.3, -0.25) is 0 Å². The van der Waals surface area contributed by atoms with Crippen LogP contribution in [0.2, 0.25) is 0 Å². The van der Waals surface area contributed by atoms with E-state index in [1.165, 1.54) is 113 Å². The van der Waals surface area contributed by atoms with E-state index in [-0.39, 0.29) is 5.41 Å². The van der Waals surface area contributed by atoms with Gasteiger partial charge in [-0.2, -0.15) is 0 Å². The quantitative estimate of drug-likeness (QED) is 0.159. The summed E-state index contributed by atoms with van der Waals surface area (Å²) in [5, 5.41) is 13.1. The molecular weight excluding hydrogens is 693 g/mol. The predicted molar refractivity (Wildman–Crippen MR) is 243 cm³/mol. The molecule has 1 unspecified atom stereocenters. The van der Waals surface area contributed by atoms with Crippen molar-refractivity contribution in [3.05, 3.63) is 198 Å². The molecule has 0 saturated heterocycles. The Bertz CT molecular complexity index is 3300. The van der Waals surface area contributed by atoms with Crippen molar-refractivity contribution in [3.63, 3.8) is 0 Å². The van der Waals surface area contributed by atoms with Crippen molar-refractivity contribution in [2.75, 3.05) is 0 Å². The Hall–Kier alpha value is -6.28. The van der Waals surface area contributed by atoms with Crippen molar-refractivity contribution in [2.45, 2.75) is 31.6 Å². The van der Waals surface area contributed by atoms with Gasteiger partial charge in [0, 0.05) is 31.5 Å². The minimum Gasteiger partial charge on any atom is -0.135 e. The first-order valence-corrected chi connectivity index (χ1v) is 20.7. The van der Waals surface area contributed by atoms with Crippen LogP contribution in [0.25, 0.3) is 91.1 Å². The van der Waals surface area contributed by atoms with Crippen LogP contribution in [0.4, 0.5) is 0 Å². The molecule has 1 atom stereocenters. The third-order valence-corrected chi connectivity index (χ3v) is 14.1. The van der Waals surface area contributed by atoms with E-state index in [1.54, 1.807) is 0 Å². The van der Waals surface area contributed by atoms with Crippen LogP contribution in [0.3, 0.4) is 0 Å². The fourth-order valence-corrected chi connectivity index (χ4v) is 11.4. The normalized spacial score (nSPS) is 16.1. The molecule has 1 heterocycles. The third-order valence-electron chi connectivity index (χ3n) is 12.9. The minimum absolute atomic E-state index is 0.0407. The summed E-state index contributed by atoms with van der Waals surface area (Å²) < 4.78 is 2.73. The van der Waals surface area contributed by atoms with E-state index < -0.39 is 0 Å². The van der Waals surface area contributed by atoms with Gasteiger partial charge in [0.2, 0.25) is 0 Å². The van der Waals surface area contributed by atoms with Crippen molar-refractivity contribution >= 4 is 80.2 Å². The van der Waals surface area contributed by atoms with E-state index >= 15 is 0 Å². The van der Waals surface area contributed by atoms with E-state index in [2.05, 4.69) is 190 Å². The summed E-state index contributed by atoms with van der Waals surface area (Å²) in [6.07, 6.45) is 6.14. The number of hydrogen-bond donors (Lipinski definition) is 0. The minimum atomic E-state index is -0.0407. The summed E-state index contributed by atoms with van der Waals surface area (Å²) in [5.41, 5.74) is 12.2. The number of rotatable bonds is 3. The van der Waals surface area contributed by atoms with Gasteiger partial charge in [-0.1, -0.05) is 159 Å². The van der Waals surface area contributed by atoms with Crippen LogP contribution in [0.1, 0.15) is 42.9 Å². The van der Waals surface area contributed by atoms with Gasteiger partial charge in [0.15, 0.2) is 0 Å². The number of thiophene rings is 1. The standard InChI is InChI=1S/C55H38S/c1-55(2)49-26-25-35(28-46(49)47-29-37-30-48-40-18-9-10-24-51(40)56-52(48)32-38(37)31-50(47)55)34-15-11-16-36(27-34)53-42-19-5-7-21-44(42)54(45-22-8-6-20-43(45)53)41-23-12-14-33-13-3-4-17-39(33)41/h3-24,26-32,35H,25H2,1-2H3. The molecule has 1 aromatic heterocycles. The first-order valence-electron chi connectivity index (χ1n) is 19.9. The maximum atomic E-state index is 2.59. The molecule has 2 aliphatic carbocycles. The van der Waals surface area contributed by atoms with Crippen LogP contribution in [-0.4, -0.2) is 0 Å². The maximum Gasteiger partial charge on any atom is 0.0361 e. The fourth-order valence-electron chi connectivity index (χ4n) is 10.3. The Morgan fingerprint density at radius 2 is 1.12 bits per heavy atom. The second kappa shape index (κ2) is 11.9. The zero-order chi connectivity index (χ0) is 37.1. The van der Waals surface area contributed by atoms with Crippen molar-refractivity contribution in [2.24, 2.45) is 0 Å². The average molecular weight is 731 g/mol. The molecule has 0 spiro atoms. The molecule has 0 saturated carbocycles. The molecule has 0 N–H and O–H groups in total. The van der Waals surface area contributed by atoms with Gasteiger partial charge in [0.05, 0.1) is 0 Å². The van der Waals surface area contributed by atoms with Crippen LogP contribution in [0.15, 0.2) is 182 Å². The molecule has 0 amide bonds. The molecule has 0 radical (unpaired) electrons. The van der Waals surface area contributed by atoms with Gasteiger partial charge >= 0.3 is 0 Å². The first kappa shape index (κ1) is 32.0. The molecule has 2 aliphatic rings. The average Bonchev–Trinajstić information content (AvgIpc) is 3.71. The summed E-state index contributed by atoms with van der Waals surface area (Å²) in [6, 6.07) is 61.7. The second-order valence-corrected chi connectivity index (χ2v) is 17.4. The van der Waals surface area contributed by atoms with Gasteiger partial charge in [0.1, 0.15) is 0 Å². The zero-order valence-corrected chi connectivity index (χ0v) is 32.3. The van der Waals surface area contributed by atoms with E-state index in [9.17, 15) is 0 Å². The van der Waals surface area contributed by atoms with Crippen LogP contribution in [0.5, 0.6) is 0 Å². The number of hydrogen-bond acceptors (Lipinski definition) is 1. The Balaban J connectivity index is 1.01. The molecular formula is C55H38S. The molecule has 0 aliphatic heterocycles. The van der Waals surface area contributed by atoms with E-state index in [1.807, 2.05) is 11.3 Å². The highest BCUT2D eigenvalue weighted by atomic mass is 32.1. The predicted octanol–water partition coefficient (Wildman–Crippen LogP) is 15.8. The zero-order valence-electron chi connectivity index (χ0n) is 31.4. The lowest BCUT2D eigenvalue weighted by Gasteiger charge is -2.26. The molecule has 0 bridgehead atoms. The van der Waals surface area contributed by atoms with Crippen molar-refractivity contribution in [1.29, 1.82) is 0 Å². The number of fused-ring (bicyclic) bond motifs is 10. The summed E-state index contributed by atoms with van der Waals surface area (Å²) >= 11 is 1.91. The highest BCUT2D eigenvalue weighted by Gasteiger charge is 2.40. The summed E-state index contributed by atoms with van der Waals surface area (Å²) in [5.74, 6) is 0.293. The Morgan fingerprint density at radius 1 is 0.482 bits per heavy atom. The maximum absolute atomic E-state index is 2.59. The summed E-state index contributed by atoms with van der Waals surface area (Å²) in [4.78, 5) is 0. The Kier molecular flexibility index (Phi) is 6.78. The van der Waals surface area contributed by atoms with E-state index in [0.29, 0.717) is 5.92 Å². The van der Waals surface area contributed by atoms with Gasteiger partial charge in [-0.05, 0) is 130 Å². The highest BCUT2D eigenvalue weighted by Crippen LogP contribution is 2.55.